The minimum absolute atomic E-state index is 0.0842. The zero-order chi connectivity index (χ0) is 14.5. The molecular weight excluding hydrogens is 374 g/mol. The Balaban J connectivity index is 2.94. The third-order valence-electron chi connectivity index (χ3n) is 3.24. The number of hydrogen-bond acceptors (Lipinski definition) is 2. The summed E-state index contributed by atoms with van der Waals surface area (Å²) in [4.78, 5) is 12.3. The third kappa shape index (κ3) is 3.96. The molecule has 1 N–H and O–H groups in total. The van der Waals surface area contributed by atoms with Gasteiger partial charge in [-0.05, 0) is 31.0 Å². The Labute approximate surface area is 131 Å². The number of aryl methyl sites for hydroxylation is 1. The van der Waals surface area contributed by atoms with Gasteiger partial charge in [0, 0.05) is 16.2 Å². The van der Waals surface area contributed by atoms with Crippen LogP contribution in [0.15, 0.2) is 18.2 Å². The van der Waals surface area contributed by atoms with Crippen molar-refractivity contribution in [3.63, 3.8) is 0 Å². The Morgan fingerprint density at radius 3 is 2.47 bits per heavy atom. The number of carbonyl (C=O) groups excluding carboxylic acids is 1. The Kier molecular flexibility index (Phi) is 6.33. The van der Waals surface area contributed by atoms with E-state index in [1.54, 1.807) is 13.2 Å². The van der Waals surface area contributed by atoms with Gasteiger partial charge in [-0.15, -0.1) is 0 Å². The van der Waals surface area contributed by atoms with Crippen LogP contribution in [0.3, 0.4) is 0 Å². The number of halogens is 2. The summed E-state index contributed by atoms with van der Waals surface area (Å²) in [6.07, 6.45) is 0.845. The van der Waals surface area contributed by atoms with Crippen LogP contribution in [0.5, 0.6) is 5.75 Å². The molecule has 5 heteroatoms. The molecule has 106 valence electrons. The zero-order valence-electron chi connectivity index (χ0n) is 11.4. The number of methoxy groups -OCH3 is 1. The van der Waals surface area contributed by atoms with Crippen molar-refractivity contribution < 1.29 is 9.53 Å². The van der Waals surface area contributed by atoms with Gasteiger partial charge >= 0.3 is 0 Å². The van der Waals surface area contributed by atoms with Gasteiger partial charge in [-0.3, -0.25) is 4.79 Å². The number of benzene rings is 1. The van der Waals surface area contributed by atoms with Crippen LogP contribution >= 0.6 is 31.9 Å². The van der Waals surface area contributed by atoms with Crippen LogP contribution in [0.1, 0.15) is 29.3 Å². The second-order valence-electron chi connectivity index (χ2n) is 4.54. The van der Waals surface area contributed by atoms with E-state index in [1.807, 2.05) is 19.1 Å². The van der Waals surface area contributed by atoms with Gasteiger partial charge < -0.3 is 10.1 Å². The average molecular weight is 393 g/mol. The lowest BCUT2D eigenvalue weighted by Gasteiger charge is -2.30. The number of nitrogens with one attached hydrogen (secondary N) is 1. The van der Waals surface area contributed by atoms with E-state index in [2.05, 4.69) is 44.1 Å². The van der Waals surface area contributed by atoms with Crippen molar-refractivity contribution in [2.45, 2.75) is 25.8 Å². The van der Waals surface area contributed by atoms with Crippen LogP contribution in [0.25, 0.3) is 0 Å². The molecular formula is C14H19Br2NO2. The maximum atomic E-state index is 12.3. The fourth-order valence-electron chi connectivity index (χ4n) is 1.65. The molecule has 0 bridgehead atoms. The van der Waals surface area contributed by atoms with Crippen molar-refractivity contribution in [1.82, 2.24) is 5.32 Å². The highest BCUT2D eigenvalue weighted by Gasteiger charge is 2.28. The van der Waals surface area contributed by atoms with Crippen LogP contribution in [-0.2, 0) is 0 Å². The highest BCUT2D eigenvalue weighted by Crippen LogP contribution is 2.21. The predicted octanol–water partition coefficient (Wildman–Crippen LogP) is 3.67. The maximum Gasteiger partial charge on any atom is 0.251 e. The number of hydrogen-bond donors (Lipinski definition) is 1. The normalized spacial score (nSPS) is 11.2. The van der Waals surface area contributed by atoms with Gasteiger partial charge in [-0.25, -0.2) is 0 Å². The molecule has 19 heavy (non-hydrogen) atoms. The molecule has 1 aromatic carbocycles. The van der Waals surface area contributed by atoms with Crippen LogP contribution < -0.4 is 10.1 Å². The third-order valence-corrected chi connectivity index (χ3v) is 5.38. The Hall–Kier alpha value is -0.550. The van der Waals surface area contributed by atoms with Gasteiger partial charge in [0.15, 0.2) is 0 Å². The minimum Gasteiger partial charge on any atom is -0.496 e. The summed E-state index contributed by atoms with van der Waals surface area (Å²) in [6.45, 7) is 4.01. The number of ether oxygens (including phenoxy) is 1. The molecule has 3 nitrogen and oxygen atoms in total. The number of amides is 1. The summed E-state index contributed by atoms with van der Waals surface area (Å²) < 4.78 is 5.25. The molecule has 0 aliphatic carbocycles. The highest BCUT2D eigenvalue weighted by atomic mass is 79.9. The lowest BCUT2D eigenvalue weighted by atomic mass is 10.0. The lowest BCUT2D eigenvalue weighted by Crippen LogP contribution is -2.51. The monoisotopic (exact) mass is 391 g/mol. The highest BCUT2D eigenvalue weighted by molar-refractivity contribution is 9.09. The van der Waals surface area contributed by atoms with E-state index in [-0.39, 0.29) is 11.4 Å². The number of carbonyl (C=O) groups is 1. The molecule has 0 saturated heterocycles. The number of alkyl halides is 2. The van der Waals surface area contributed by atoms with Crippen LogP contribution in [-0.4, -0.2) is 29.2 Å². The van der Waals surface area contributed by atoms with Crippen LogP contribution in [0.2, 0.25) is 0 Å². The summed E-state index contributed by atoms with van der Waals surface area (Å²) in [5, 5.41) is 4.49. The Morgan fingerprint density at radius 1 is 1.37 bits per heavy atom. The summed E-state index contributed by atoms with van der Waals surface area (Å²) in [6, 6.07) is 5.48. The molecule has 1 rings (SSSR count). The second kappa shape index (κ2) is 7.29. The van der Waals surface area contributed by atoms with Gasteiger partial charge in [0.05, 0.1) is 12.6 Å². The first-order valence-corrected chi connectivity index (χ1v) is 8.35. The molecule has 0 unspecified atom stereocenters. The fourth-order valence-corrected chi connectivity index (χ4v) is 3.66. The maximum absolute atomic E-state index is 12.3. The molecule has 1 amide bonds. The molecule has 0 aromatic heterocycles. The first-order valence-electron chi connectivity index (χ1n) is 6.11. The van der Waals surface area contributed by atoms with E-state index in [0.717, 1.165) is 17.7 Å². The Bertz CT molecular complexity index is 437. The van der Waals surface area contributed by atoms with Crippen molar-refractivity contribution >= 4 is 37.8 Å². The first kappa shape index (κ1) is 16.5. The fraction of sp³-hybridized carbons (Fsp3) is 0.500. The van der Waals surface area contributed by atoms with Crippen molar-refractivity contribution in [3.8, 4) is 5.75 Å². The van der Waals surface area contributed by atoms with E-state index in [9.17, 15) is 4.79 Å². The molecule has 0 aliphatic rings. The molecule has 0 heterocycles. The van der Waals surface area contributed by atoms with Crippen LogP contribution in [0, 0.1) is 6.92 Å². The SMILES string of the molecule is CCC(CBr)(CBr)NC(=O)c1ccc(C)c(OC)c1. The van der Waals surface area contributed by atoms with E-state index >= 15 is 0 Å². The predicted molar refractivity (Wildman–Crippen MR) is 85.8 cm³/mol. The second-order valence-corrected chi connectivity index (χ2v) is 5.66. The molecule has 0 aliphatic heterocycles. The number of rotatable bonds is 6. The first-order chi connectivity index (χ1) is 9.01. The van der Waals surface area contributed by atoms with Crippen molar-refractivity contribution in [2.24, 2.45) is 0 Å². The summed E-state index contributed by atoms with van der Waals surface area (Å²) in [5.74, 6) is 0.645. The zero-order valence-corrected chi connectivity index (χ0v) is 14.6. The summed E-state index contributed by atoms with van der Waals surface area (Å²) >= 11 is 6.93. The molecule has 0 atom stereocenters. The largest absolute Gasteiger partial charge is 0.496 e. The van der Waals surface area contributed by atoms with E-state index in [4.69, 9.17) is 4.74 Å². The molecule has 0 saturated carbocycles. The summed E-state index contributed by atoms with van der Waals surface area (Å²) in [5.41, 5.74) is 1.36. The van der Waals surface area contributed by atoms with Crippen LogP contribution in [0.4, 0.5) is 0 Å². The molecule has 0 spiro atoms. The van der Waals surface area contributed by atoms with E-state index in [0.29, 0.717) is 16.2 Å². The van der Waals surface area contributed by atoms with Crippen molar-refractivity contribution in [2.75, 3.05) is 17.8 Å². The minimum atomic E-state index is -0.269. The van der Waals surface area contributed by atoms with Gasteiger partial charge in [0.25, 0.3) is 5.91 Å². The van der Waals surface area contributed by atoms with E-state index < -0.39 is 0 Å². The molecule has 0 fully saturated rings. The molecule has 0 radical (unpaired) electrons. The van der Waals surface area contributed by atoms with Gasteiger partial charge in [-0.2, -0.15) is 0 Å². The van der Waals surface area contributed by atoms with Gasteiger partial charge in [0.2, 0.25) is 0 Å². The standard InChI is InChI=1S/C14H19Br2NO2/c1-4-14(8-15,9-16)17-13(18)11-6-5-10(2)12(7-11)19-3/h5-7H,4,8-9H2,1-3H3,(H,17,18). The topological polar surface area (TPSA) is 38.3 Å². The van der Waals surface area contributed by atoms with Crippen molar-refractivity contribution in [1.29, 1.82) is 0 Å². The Morgan fingerprint density at radius 2 is 2.00 bits per heavy atom. The molecule has 1 aromatic rings. The quantitative estimate of drug-likeness (QED) is 0.750. The lowest BCUT2D eigenvalue weighted by molar-refractivity contribution is 0.0915. The summed E-state index contributed by atoms with van der Waals surface area (Å²) in [7, 11) is 1.61. The van der Waals surface area contributed by atoms with E-state index in [1.165, 1.54) is 0 Å². The van der Waals surface area contributed by atoms with Crippen molar-refractivity contribution in [3.05, 3.63) is 29.3 Å². The van der Waals surface area contributed by atoms with Gasteiger partial charge in [0.1, 0.15) is 5.75 Å². The average Bonchev–Trinajstić information content (AvgIpc) is 2.45. The van der Waals surface area contributed by atoms with Gasteiger partial charge in [-0.1, -0.05) is 44.8 Å². The smallest absolute Gasteiger partial charge is 0.251 e.